The van der Waals surface area contributed by atoms with E-state index in [0.29, 0.717) is 18.8 Å². The summed E-state index contributed by atoms with van der Waals surface area (Å²) < 4.78 is 3.37. The number of para-hydroxylation sites is 1. The predicted molar refractivity (Wildman–Crippen MR) is 73.1 cm³/mol. The molecule has 0 saturated carbocycles. The van der Waals surface area contributed by atoms with Crippen molar-refractivity contribution in [3.8, 4) is 0 Å². The highest BCUT2D eigenvalue weighted by molar-refractivity contribution is 6.04. The fourth-order valence-electron chi connectivity index (χ4n) is 2.10. The Morgan fingerprint density at radius 3 is 3.00 bits per heavy atom. The van der Waals surface area contributed by atoms with Gasteiger partial charge in [-0.15, -0.1) is 0 Å². The summed E-state index contributed by atoms with van der Waals surface area (Å²) in [6.07, 6.45) is 3.08. The standard InChI is InChI=1S/C13H14N6O/c1-18-11-5-3-2-4-10(11)12(17-18)13(20)15-6-7-19-9-14-8-16-19/h2-5,8-9H,6-7H2,1H3,(H,15,20). The smallest absolute Gasteiger partial charge is 0.272 e. The van der Waals surface area contributed by atoms with Gasteiger partial charge in [-0.1, -0.05) is 18.2 Å². The number of carbonyl (C=O) groups is 1. The lowest BCUT2D eigenvalue weighted by Gasteiger charge is -2.03. The number of rotatable bonds is 4. The van der Waals surface area contributed by atoms with Crippen molar-refractivity contribution in [3.63, 3.8) is 0 Å². The van der Waals surface area contributed by atoms with Crippen LogP contribution in [-0.4, -0.2) is 37.0 Å². The lowest BCUT2D eigenvalue weighted by Crippen LogP contribution is -2.28. The van der Waals surface area contributed by atoms with E-state index in [-0.39, 0.29) is 5.91 Å². The average molecular weight is 270 g/mol. The van der Waals surface area contributed by atoms with Crippen molar-refractivity contribution in [1.82, 2.24) is 29.9 Å². The molecule has 2 heterocycles. The molecule has 0 saturated heterocycles. The Balaban J connectivity index is 1.72. The van der Waals surface area contributed by atoms with Crippen molar-refractivity contribution in [1.29, 1.82) is 0 Å². The number of benzene rings is 1. The second kappa shape index (κ2) is 5.12. The second-order valence-electron chi connectivity index (χ2n) is 4.40. The number of carbonyl (C=O) groups excluding carboxylic acids is 1. The quantitative estimate of drug-likeness (QED) is 0.753. The lowest BCUT2D eigenvalue weighted by molar-refractivity contribution is 0.0948. The molecule has 3 rings (SSSR count). The predicted octanol–water partition coefficient (Wildman–Crippen LogP) is 0.595. The van der Waals surface area contributed by atoms with Gasteiger partial charge in [-0.25, -0.2) is 4.98 Å². The summed E-state index contributed by atoms with van der Waals surface area (Å²) >= 11 is 0. The largest absolute Gasteiger partial charge is 0.349 e. The first-order chi connectivity index (χ1) is 9.75. The summed E-state index contributed by atoms with van der Waals surface area (Å²) in [5, 5.41) is 11.9. The van der Waals surface area contributed by atoms with Gasteiger partial charge < -0.3 is 5.32 Å². The number of aryl methyl sites for hydroxylation is 1. The van der Waals surface area contributed by atoms with Crippen LogP contribution in [0.4, 0.5) is 0 Å². The van der Waals surface area contributed by atoms with Gasteiger partial charge in [-0.05, 0) is 6.07 Å². The molecule has 0 radical (unpaired) electrons. The van der Waals surface area contributed by atoms with Crippen molar-refractivity contribution < 1.29 is 4.79 Å². The van der Waals surface area contributed by atoms with E-state index in [9.17, 15) is 4.79 Å². The van der Waals surface area contributed by atoms with E-state index in [2.05, 4.69) is 20.5 Å². The number of amides is 1. The molecule has 0 unspecified atom stereocenters. The van der Waals surface area contributed by atoms with Gasteiger partial charge in [0.2, 0.25) is 0 Å². The molecule has 0 bridgehead atoms. The molecule has 0 aliphatic rings. The van der Waals surface area contributed by atoms with Crippen LogP contribution in [0.25, 0.3) is 10.9 Å². The number of nitrogens with one attached hydrogen (secondary N) is 1. The van der Waals surface area contributed by atoms with Crippen molar-refractivity contribution in [2.24, 2.45) is 7.05 Å². The number of nitrogens with zero attached hydrogens (tertiary/aromatic N) is 5. The van der Waals surface area contributed by atoms with E-state index in [4.69, 9.17) is 0 Å². The molecule has 1 amide bonds. The minimum Gasteiger partial charge on any atom is -0.349 e. The number of fused-ring (bicyclic) bond motifs is 1. The normalized spacial score (nSPS) is 10.8. The van der Waals surface area contributed by atoms with Crippen LogP contribution in [0.15, 0.2) is 36.9 Å². The Labute approximate surface area is 115 Å². The van der Waals surface area contributed by atoms with Crippen LogP contribution in [-0.2, 0) is 13.6 Å². The van der Waals surface area contributed by atoms with E-state index >= 15 is 0 Å². The summed E-state index contributed by atoms with van der Waals surface area (Å²) in [5.74, 6) is -0.179. The molecule has 3 aromatic rings. The molecule has 7 heteroatoms. The van der Waals surface area contributed by atoms with Gasteiger partial charge >= 0.3 is 0 Å². The van der Waals surface area contributed by atoms with Crippen LogP contribution in [0.5, 0.6) is 0 Å². The molecule has 0 atom stereocenters. The highest BCUT2D eigenvalue weighted by Crippen LogP contribution is 2.16. The fraction of sp³-hybridized carbons (Fsp3) is 0.231. The molecule has 0 aliphatic heterocycles. The zero-order valence-electron chi connectivity index (χ0n) is 11.0. The molecule has 1 N–H and O–H groups in total. The third kappa shape index (κ3) is 2.25. The van der Waals surface area contributed by atoms with E-state index in [1.54, 1.807) is 15.7 Å². The van der Waals surface area contributed by atoms with E-state index in [1.807, 2.05) is 31.3 Å². The maximum atomic E-state index is 12.2. The van der Waals surface area contributed by atoms with Gasteiger partial charge in [0.25, 0.3) is 5.91 Å². The summed E-state index contributed by atoms with van der Waals surface area (Å²) in [6, 6.07) is 7.66. The van der Waals surface area contributed by atoms with E-state index in [0.717, 1.165) is 10.9 Å². The lowest BCUT2D eigenvalue weighted by atomic mass is 10.2. The van der Waals surface area contributed by atoms with Crippen LogP contribution in [0, 0.1) is 0 Å². The maximum Gasteiger partial charge on any atom is 0.272 e. The SMILES string of the molecule is Cn1nc(C(=O)NCCn2cncn2)c2ccccc21. The Bertz CT molecular complexity index is 730. The van der Waals surface area contributed by atoms with Crippen molar-refractivity contribution in [2.75, 3.05) is 6.54 Å². The van der Waals surface area contributed by atoms with Crippen LogP contribution in [0.1, 0.15) is 10.5 Å². The van der Waals surface area contributed by atoms with Crippen molar-refractivity contribution >= 4 is 16.8 Å². The Morgan fingerprint density at radius 1 is 1.35 bits per heavy atom. The van der Waals surface area contributed by atoms with Crippen LogP contribution >= 0.6 is 0 Å². The molecule has 7 nitrogen and oxygen atoms in total. The van der Waals surface area contributed by atoms with Crippen LogP contribution < -0.4 is 5.32 Å². The third-order valence-electron chi connectivity index (χ3n) is 3.07. The first-order valence-electron chi connectivity index (χ1n) is 6.28. The third-order valence-corrected chi connectivity index (χ3v) is 3.07. The zero-order valence-corrected chi connectivity index (χ0v) is 11.0. The molecular weight excluding hydrogens is 256 g/mol. The van der Waals surface area contributed by atoms with Crippen molar-refractivity contribution in [3.05, 3.63) is 42.6 Å². The summed E-state index contributed by atoms with van der Waals surface area (Å²) in [4.78, 5) is 16.0. The second-order valence-corrected chi connectivity index (χ2v) is 4.40. The number of hydrogen-bond donors (Lipinski definition) is 1. The molecule has 2 aromatic heterocycles. The van der Waals surface area contributed by atoms with Crippen LogP contribution in [0.3, 0.4) is 0 Å². The highest BCUT2D eigenvalue weighted by Gasteiger charge is 2.14. The highest BCUT2D eigenvalue weighted by atomic mass is 16.1. The molecule has 20 heavy (non-hydrogen) atoms. The average Bonchev–Trinajstić information content (AvgIpc) is 3.08. The van der Waals surface area contributed by atoms with Gasteiger partial charge in [0.05, 0.1) is 12.1 Å². The van der Waals surface area contributed by atoms with Gasteiger partial charge in [-0.2, -0.15) is 10.2 Å². The Kier molecular flexibility index (Phi) is 3.16. The van der Waals surface area contributed by atoms with Gasteiger partial charge in [0, 0.05) is 19.0 Å². The molecule has 0 aliphatic carbocycles. The van der Waals surface area contributed by atoms with Gasteiger partial charge in [0.15, 0.2) is 5.69 Å². The Hall–Kier alpha value is -2.70. The number of aromatic nitrogens is 5. The topological polar surface area (TPSA) is 77.6 Å². The molecule has 102 valence electrons. The zero-order chi connectivity index (χ0) is 13.9. The van der Waals surface area contributed by atoms with Gasteiger partial charge in [-0.3, -0.25) is 14.2 Å². The number of hydrogen-bond acceptors (Lipinski definition) is 4. The summed E-state index contributed by atoms with van der Waals surface area (Å²) in [5.41, 5.74) is 1.38. The molecule has 0 spiro atoms. The van der Waals surface area contributed by atoms with Crippen molar-refractivity contribution in [2.45, 2.75) is 6.54 Å². The monoisotopic (exact) mass is 270 g/mol. The first kappa shape index (κ1) is 12.3. The minimum absolute atomic E-state index is 0.179. The molecular formula is C13H14N6O. The molecule has 0 fully saturated rings. The Morgan fingerprint density at radius 2 is 2.20 bits per heavy atom. The maximum absolute atomic E-state index is 12.2. The van der Waals surface area contributed by atoms with Gasteiger partial charge in [0.1, 0.15) is 12.7 Å². The van der Waals surface area contributed by atoms with Crippen LogP contribution in [0.2, 0.25) is 0 Å². The molecule has 1 aromatic carbocycles. The summed E-state index contributed by atoms with van der Waals surface area (Å²) in [7, 11) is 1.83. The fourth-order valence-corrected chi connectivity index (χ4v) is 2.10. The van der Waals surface area contributed by atoms with E-state index < -0.39 is 0 Å². The first-order valence-corrected chi connectivity index (χ1v) is 6.28. The minimum atomic E-state index is -0.179. The summed E-state index contributed by atoms with van der Waals surface area (Å²) in [6.45, 7) is 1.06. The van der Waals surface area contributed by atoms with E-state index in [1.165, 1.54) is 6.33 Å².